The monoisotopic (exact) mass is 300 g/mol. The van der Waals surface area contributed by atoms with Gasteiger partial charge in [0, 0.05) is 18.8 Å². The van der Waals surface area contributed by atoms with Gasteiger partial charge in [-0.05, 0) is 24.3 Å². The summed E-state index contributed by atoms with van der Waals surface area (Å²) in [6.45, 7) is 3.83. The van der Waals surface area contributed by atoms with Crippen LogP contribution in [0, 0.1) is 0 Å². The summed E-state index contributed by atoms with van der Waals surface area (Å²) in [5.74, 6) is 0.851. The first-order valence-corrected chi connectivity index (χ1v) is 7.51. The van der Waals surface area contributed by atoms with Gasteiger partial charge in [0.15, 0.2) is 0 Å². The minimum Gasteiger partial charge on any atom is -0.467 e. The highest BCUT2D eigenvalue weighted by atomic mass is 16.5. The molecule has 5 nitrogen and oxygen atoms in total. The third-order valence-electron chi connectivity index (χ3n) is 3.73. The lowest BCUT2D eigenvalue weighted by molar-refractivity contribution is -0.120. The van der Waals surface area contributed by atoms with Gasteiger partial charge in [0.2, 0.25) is 5.91 Å². The molecule has 1 aliphatic heterocycles. The average Bonchev–Trinajstić information content (AvgIpc) is 3.07. The molecule has 0 aliphatic carbocycles. The van der Waals surface area contributed by atoms with E-state index in [4.69, 9.17) is 9.15 Å². The Morgan fingerprint density at radius 2 is 1.86 bits per heavy atom. The number of ether oxygens (including phenoxy) is 1. The molecular formula is C17H20N2O3. The number of carbonyl (C=O) groups excluding carboxylic acids is 1. The van der Waals surface area contributed by atoms with Gasteiger partial charge >= 0.3 is 0 Å². The van der Waals surface area contributed by atoms with Gasteiger partial charge in [-0.2, -0.15) is 0 Å². The smallest absolute Gasteiger partial charge is 0.241 e. The second-order valence-electron chi connectivity index (χ2n) is 5.28. The molecule has 0 spiro atoms. The predicted octanol–water partition coefficient (Wildman–Crippen LogP) is 2.15. The normalized spacial score (nSPS) is 15.6. The Hall–Kier alpha value is -2.11. The number of hydrogen-bond acceptors (Lipinski definition) is 4. The number of para-hydroxylation sites is 1. The molecule has 3 rings (SSSR count). The summed E-state index contributed by atoms with van der Waals surface area (Å²) >= 11 is 0. The number of anilines is 1. The summed E-state index contributed by atoms with van der Waals surface area (Å²) < 4.78 is 10.7. The summed E-state index contributed by atoms with van der Waals surface area (Å²) in [5.41, 5.74) is 0.886. The van der Waals surface area contributed by atoms with Crippen LogP contribution in [0.1, 0.15) is 5.76 Å². The van der Waals surface area contributed by atoms with Gasteiger partial charge in [0.25, 0.3) is 0 Å². The summed E-state index contributed by atoms with van der Waals surface area (Å²) in [4.78, 5) is 16.6. The van der Waals surface area contributed by atoms with Gasteiger partial charge in [-0.3, -0.25) is 9.69 Å². The van der Waals surface area contributed by atoms with Crippen LogP contribution in [-0.2, 0) is 16.1 Å². The maximum Gasteiger partial charge on any atom is 0.241 e. The van der Waals surface area contributed by atoms with Crippen molar-refractivity contribution in [2.45, 2.75) is 6.54 Å². The standard InChI is InChI=1S/C17H20N2O3/c20-17(14-18-8-11-21-12-9-18)19(13-16-7-4-10-22-16)15-5-2-1-3-6-15/h1-7,10H,8-9,11-14H2. The lowest BCUT2D eigenvalue weighted by atomic mass is 10.2. The summed E-state index contributed by atoms with van der Waals surface area (Å²) in [5, 5.41) is 0. The van der Waals surface area contributed by atoms with E-state index in [1.807, 2.05) is 42.5 Å². The van der Waals surface area contributed by atoms with Crippen LogP contribution in [-0.4, -0.2) is 43.7 Å². The number of benzene rings is 1. The van der Waals surface area contributed by atoms with E-state index >= 15 is 0 Å². The lowest BCUT2D eigenvalue weighted by Crippen LogP contribution is -2.44. The molecule has 0 unspecified atom stereocenters. The van der Waals surface area contributed by atoms with Crippen LogP contribution in [0.25, 0.3) is 0 Å². The number of rotatable bonds is 5. The molecule has 1 aromatic heterocycles. The van der Waals surface area contributed by atoms with Crippen molar-refractivity contribution in [3.05, 3.63) is 54.5 Å². The second-order valence-corrected chi connectivity index (χ2v) is 5.28. The minimum atomic E-state index is 0.0736. The van der Waals surface area contributed by atoms with Crippen molar-refractivity contribution in [2.24, 2.45) is 0 Å². The second kappa shape index (κ2) is 7.24. The van der Waals surface area contributed by atoms with Crippen molar-refractivity contribution in [3.63, 3.8) is 0 Å². The molecule has 1 saturated heterocycles. The molecule has 1 amide bonds. The van der Waals surface area contributed by atoms with Crippen LogP contribution < -0.4 is 4.90 Å². The number of nitrogens with zero attached hydrogens (tertiary/aromatic N) is 2. The fourth-order valence-corrected chi connectivity index (χ4v) is 2.53. The number of morpholine rings is 1. The van der Waals surface area contributed by atoms with Gasteiger partial charge in [-0.25, -0.2) is 0 Å². The Bertz CT molecular complexity index is 577. The van der Waals surface area contributed by atoms with E-state index in [0.29, 0.717) is 26.3 Å². The first-order valence-electron chi connectivity index (χ1n) is 7.51. The zero-order valence-corrected chi connectivity index (χ0v) is 12.5. The first kappa shape index (κ1) is 14.8. The molecule has 0 radical (unpaired) electrons. The Morgan fingerprint density at radius 3 is 2.55 bits per heavy atom. The van der Waals surface area contributed by atoms with E-state index in [9.17, 15) is 4.79 Å². The molecule has 116 valence electrons. The van der Waals surface area contributed by atoms with Crippen LogP contribution in [0.5, 0.6) is 0 Å². The van der Waals surface area contributed by atoms with Crippen molar-refractivity contribution < 1.29 is 13.9 Å². The Morgan fingerprint density at radius 1 is 1.09 bits per heavy atom. The number of carbonyl (C=O) groups is 1. The van der Waals surface area contributed by atoms with Gasteiger partial charge < -0.3 is 14.1 Å². The van der Waals surface area contributed by atoms with Crippen molar-refractivity contribution >= 4 is 11.6 Å². The molecule has 2 heterocycles. The van der Waals surface area contributed by atoms with Crippen molar-refractivity contribution in [1.82, 2.24) is 4.90 Å². The van der Waals surface area contributed by atoms with Gasteiger partial charge in [-0.15, -0.1) is 0 Å². The Balaban J connectivity index is 1.73. The summed E-state index contributed by atoms with van der Waals surface area (Å²) in [6, 6.07) is 13.4. The van der Waals surface area contributed by atoms with Crippen LogP contribution in [0.2, 0.25) is 0 Å². The van der Waals surface area contributed by atoms with E-state index in [0.717, 1.165) is 24.5 Å². The number of furan rings is 1. The quantitative estimate of drug-likeness (QED) is 0.849. The lowest BCUT2D eigenvalue weighted by Gasteiger charge is -2.29. The molecule has 0 bridgehead atoms. The SMILES string of the molecule is O=C(CN1CCOCC1)N(Cc1ccco1)c1ccccc1. The molecule has 0 saturated carbocycles. The van der Waals surface area contributed by atoms with E-state index in [-0.39, 0.29) is 5.91 Å². The van der Waals surface area contributed by atoms with Crippen LogP contribution in [0.3, 0.4) is 0 Å². The van der Waals surface area contributed by atoms with E-state index in [2.05, 4.69) is 4.90 Å². The fourth-order valence-electron chi connectivity index (χ4n) is 2.53. The van der Waals surface area contributed by atoms with Crippen LogP contribution >= 0.6 is 0 Å². The molecule has 5 heteroatoms. The van der Waals surface area contributed by atoms with E-state index in [1.54, 1.807) is 11.2 Å². The number of hydrogen-bond donors (Lipinski definition) is 0. The topological polar surface area (TPSA) is 45.9 Å². The Labute approximate surface area is 130 Å². The highest BCUT2D eigenvalue weighted by molar-refractivity contribution is 5.94. The van der Waals surface area contributed by atoms with E-state index in [1.165, 1.54) is 0 Å². The van der Waals surface area contributed by atoms with Crippen molar-refractivity contribution in [3.8, 4) is 0 Å². The molecule has 2 aromatic rings. The minimum absolute atomic E-state index is 0.0736. The molecule has 1 aromatic carbocycles. The molecule has 1 aliphatic rings. The summed E-state index contributed by atoms with van der Waals surface area (Å²) in [6.07, 6.45) is 1.63. The Kier molecular flexibility index (Phi) is 4.88. The maximum atomic E-state index is 12.7. The third kappa shape index (κ3) is 3.75. The van der Waals surface area contributed by atoms with Gasteiger partial charge in [-0.1, -0.05) is 18.2 Å². The highest BCUT2D eigenvalue weighted by Crippen LogP contribution is 2.18. The molecule has 0 N–H and O–H groups in total. The molecule has 1 fully saturated rings. The van der Waals surface area contributed by atoms with Crippen LogP contribution in [0.4, 0.5) is 5.69 Å². The average molecular weight is 300 g/mol. The predicted molar refractivity (Wildman–Crippen MR) is 83.6 cm³/mol. The fraction of sp³-hybridized carbons (Fsp3) is 0.353. The van der Waals surface area contributed by atoms with Gasteiger partial charge in [0.05, 0.1) is 32.6 Å². The zero-order chi connectivity index (χ0) is 15.2. The van der Waals surface area contributed by atoms with E-state index < -0.39 is 0 Å². The zero-order valence-electron chi connectivity index (χ0n) is 12.5. The van der Waals surface area contributed by atoms with Gasteiger partial charge in [0.1, 0.15) is 5.76 Å². The van der Waals surface area contributed by atoms with Crippen molar-refractivity contribution in [1.29, 1.82) is 0 Å². The largest absolute Gasteiger partial charge is 0.467 e. The molecular weight excluding hydrogens is 280 g/mol. The highest BCUT2D eigenvalue weighted by Gasteiger charge is 2.21. The van der Waals surface area contributed by atoms with Crippen molar-refractivity contribution in [2.75, 3.05) is 37.7 Å². The summed E-state index contributed by atoms with van der Waals surface area (Å²) in [7, 11) is 0. The first-order chi connectivity index (χ1) is 10.8. The maximum absolute atomic E-state index is 12.7. The van der Waals surface area contributed by atoms with Crippen LogP contribution in [0.15, 0.2) is 53.1 Å². The number of amides is 1. The molecule has 22 heavy (non-hydrogen) atoms. The molecule has 0 atom stereocenters. The third-order valence-corrected chi connectivity index (χ3v) is 3.73.